The fourth-order valence-corrected chi connectivity index (χ4v) is 2.34. The van der Waals surface area contributed by atoms with Crippen LogP contribution in [0.4, 0.5) is 11.4 Å². The quantitative estimate of drug-likeness (QED) is 0.669. The summed E-state index contributed by atoms with van der Waals surface area (Å²) in [4.78, 5) is 22.5. The van der Waals surface area contributed by atoms with Gasteiger partial charge in [0.2, 0.25) is 0 Å². The van der Waals surface area contributed by atoms with Crippen LogP contribution in [0.5, 0.6) is 11.5 Å². The van der Waals surface area contributed by atoms with E-state index in [0.717, 1.165) is 17.2 Å². The molecule has 0 radical (unpaired) electrons. The van der Waals surface area contributed by atoms with Gasteiger partial charge in [-0.05, 0) is 49.2 Å². The Hall–Kier alpha value is -3.02. The number of aryl methyl sites for hydroxylation is 2. The van der Waals surface area contributed by atoms with Crippen molar-refractivity contribution in [3.63, 3.8) is 0 Å². The third kappa shape index (κ3) is 2.14. The lowest BCUT2D eigenvalue weighted by Crippen LogP contribution is -2.11. The summed E-state index contributed by atoms with van der Waals surface area (Å²) in [5, 5.41) is 21.4. The van der Waals surface area contributed by atoms with Gasteiger partial charge in [0, 0.05) is 0 Å². The molecule has 0 fully saturated rings. The Kier molecular flexibility index (Phi) is 3.02. The molecular weight excluding hydrogens is 286 g/mol. The second-order valence-corrected chi connectivity index (χ2v) is 5.17. The van der Waals surface area contributed by atoms with Crippen LogP contribution in [0.15, 0.2) is 24.3 Å². The minimum Gasteiger partial charge on any atom is -0.478 e. The first-order valence-corrected chi connectivity index (χ1v) is 6.57. The molecule has 22 heavy (non-hydrogen) atoms. The van der Waals surface area contributed by atoms with E-state index in [-0.39, 0.29) is 22.6 Å². The zero-order valence-corrected chi connectivity index (χ0v) is 11.9. The fraction of sp³-hybridized carbons (Fsp3) is 0.125. The zero-order chi connectivity index (χ0) is 16.0. The fourth-order valence-electron chi connectivity index (χ4n) is 2.34. The van der Waals surface area contributed by atoms with Gasteiger partial charge >= 0.3 is 11.9 Å². The lowest BCUT2D eigenvalue weighted by atomic mass is 10.0. The van der Waals surface area contributed by atoms with Gasteiger partial charge in [0.1, 0.15) is 0 Å². The zero-order valence-electron chi connectivity index (χ0n) is 11.9. The summed E-state index contributed by atoms with van der Waals surface area (Å²) in [6.07, 6.45) is 0. The number of fused-ring (bicyclic) bond motifs is 2. The minimum atomic E-state index is -1.22. The van der Waals surface area contributed by atoms with Crippen molar-refractivity contribution in [1.82, 2.24) is 0 Å². The largest absolute Gasteiger partial charge is 0.478 e. The SMILES string of the molecule is Cc1cc2c(cc1C)Oc1cc(C(=O)O)cc(C(=O)O)c1N2. The van der Waals surface area contributed by atoms with E-state index in [1.807, 2.05) is 26.0 Å². The maximum Gasteiger partial charge on any atom is 0.337 e. The average Bonchev–Trinajstić information content (AvgIpc) is 2.45. The van der Waals surface area contributed by atoms with Crippen LogP contribution in [-0.2, 0) is 0 Å². The molecule has 1 aliphatic heterocycles. The predicted octanol–water partition coefficient (Wildman–Crippen LogP) is 3.55. The van der Waals surface area contributed by atoms with Gasteiger partial charge in [-0.1, -0.05) is 0 Å². The Morgan fingerprint density at radius 1 is 0.955 bits per heavy atom. The van der Waals surface area contributed by atoms with Gasteiger partial charge in [0.25, 0.3) is 0 Å². The molecule has 0 unspecified atom stereocenters. The Balaban J connectivity index is 2.19. The Morgan fingerprint density at radius 3 is 2.27 bits per heavy atom. The van der Waals surface area contributed by atoms with Crippen LogP contribution in [0.2, 0.25) is 0 Å². The number of ether oxygens (including phenoxy) is 1. The number of rotatable bonds is 2. The molecule has 3 N–H and O–H groups in total. The molecule has 0 atom stereocenters. The number of carboxylic acid groups (broad SMARTS) is 2. The highest BCUT2D eigenvalue weighted by Crippen LogP contribution is 2.45. The van der Waals surface area contributed by atoms with Crippen LogP contribution in [-0.4, -0.2) is 22.2 Å². The van der Waals surface area contributed by atoms with Crippen molar-refractivity contribution in [2.45, 2.75) is 13.8 Å². The summed E-state index contributed by atoms with van der Waals surface area (Å²) in [6, 6.07) is 6.12. The van der Waals surface area contributed by atoms with E-state index in [0.29, 0.717) is 11.4 Å². The molecule has 0 spiro atoms. The number of nitrogens with one attached hydrogen (secondary N) is 1. The lowest BCUT2D eigenvalue weighted by molar-refractivity contribution is 0.0696. The van der Waals surface area contributed by atoms with E-state index in [9.17, 15) is 14.7 Å². The van der Waals surface area contributed by atoms with Crippen molar-refractivity contribution < 1.29 is 24.5 Å². The van der Waals surface area contributed by atoms with Crippen LogP contribution in [0.25, 0.3) is 0 Å². The van der Waals surface area contributed by atoms with E-state index >= 15 is 0 Å². The summed E-state index contributed by atoms with van der Waals surface area (Å²) >= 11 is 0. The summed E-state index contributed by atoms with van der Waals surface area (Å²) in [6.45, 7) is 3.88. The molecule has 0 saturated carbocycles. The maximum absolute atomic E-state index is 11.4. The van der Waals surface area contributed by atoms with E-state index in [2.05, 4.69) is 5.32 Å². The van der Waals surface area contributed by atoms with Gasteiger partial charge in [-0.2, -0.15) is 0 Å². The molecule has 0 amide bonds. The summed E-state index contributed by atoms with van der Waals surface area (Å²) in [5.41, 5.74) is 2.70. The van der Waals surface area contributed by atoms with E-state index in [4.69, 9.17) is 9.84 Å². The molecule has 3 rings (SSSR count). The Morgan fingerprint density at radius 2 is 1.64 bits per heavy atom. The standard InChI is InChI=1S/C16H13NO5/c1-7-3-11-12(4-8(7)2)22-13-6-9(15(18)19)5-10(16(20)21)14(13)17-11/h3-6,17H,1-2H3,(H,18,19)(H,20,21). The van der Waals surface area contributed by atoms with Gasteiger partial charge in [-0.25, -0.2) is 9.59 Å². The third-order valence-electron chi connectivity index (χ3n) is 3.66. The second kappa shape index (κ2) is 4.77. The minimum absolute atomic E-state index is 0.134. The number of benzene rings is 2. The van der Waals surface area contributed by atoms with E-state index in [1.165, 1.54) is 6.07 Å². The van der Waals surface area contributed by atoms with Crippen LogP contribution in [0.1, 0.15) is 31.8 Å². The highest BCUT2D eigenvalue weighted by atomic mass is 16.5. The molecule has 0 aromatic heterocycles. The molecule has 1 aliphatic rings. The molecule has 0 aliphatic carbocycles. The molecule has 2 aromatic carbocycles. The van der Waals surface area contributed by atoms with Crippen molar-refractivity contribution in [3.8, 4) is 11.5 Å². The number of anilines is 2. The van der Waals surface area contributed by atoms with Crippen molar-refractivity contribution in [2.75, 3.05) is 5.32 Å². The first-order chi connectivity index (χ1) is 10.4. The summed E-state index contributed by atoms with van der Waals surface area (Å²) in [7, 11) is 0. The normalized spacial score (nSPS) is 11.7. The van der Waals surface area contributed by atoms with Gasteiger partial charge < -0.3 is 20.3 Å². The highest BCUT2D eigenvalue weighted by molar-refractivity contribution is 6.02. The predicted molar refractivity (Wildman–Crippen MR) is 79.6 cm³/mol. The van der Waals surface area contributed by atoms with Gasteiger partial charge in [-0.15, -0.1) is 0 Å². The van der Waals surface area contributed by atoms with Gasteiger partial charge in [-0.3, -0.25) is 0 Å². The number of carbonyl (C=O) groups is 2. The maximum atomic E-state index is 11.4. The first-order valence-electron chi connectivity index (χ1n) is 6.57. The smallest absolute Gasteiger partial charge is 0.337 e. The van der Waals surface area contributed by atoms with Crippen molar-refractivity contribution in [2.24, 2.45) is 0 Å². The first kappa shape index (κ1) is 13.9. The van der Waals surface area contributed by atoms with Gasteiger partial charge in [0.05, 0.1) is 22.5 Å². The number of hydrogen-bond acceptors (Lipinski definition) is 4. The van der Waals surface area contributed by atoms with Crippen molar-refractivity contribution in [3.05, 3.63) is 46.5 Å². The molecule has 0 saturated heterocycles. The van der Waals surface area contributed by atoms with Crippen LogP contribution < -0.4 is 10.1 Å². The molecule has 6 heteroatoms. The molecule has 1 heterocycles. The molecule has 112 valence electrons. The van der Waals surface area contributed by atoms with Crippen molar-refractivity contribution >= 4 is 23.3 Å². The Bertz CT molecular complexity index is 826. The van der Waals surface area contributed by atoms with Crippen LogP contribution in [0, 0.1) is 13.8 Å². The number of hydrogen-bond donors (Lipinski definition) is 3. The molecular formula is C16H13NO5. The highest BCUT2D eigenvalue weighted by Gasteiger charge is 2.25. The Labute approximate surface area is 126 Å². The van der Waals surface area contributed by atoms with E-state index in [1.54, 1.807) is 0 Å². The monoisotopic (exact) mass is 299 g/mol. The molecule has 6 nitrogen and oxygen atoms in total. The third-order valence-corrected chi connectivity index (χ3v) is 3.66. The number of carboxylic acids is 2. The van der Waals surface area contributed by atoms with Crippen LogP contribution in [0.3, 0.4) is 0 Å². The molecule has 0 bridgehead atoms. The van der Waals surface area contributed by atoms with Crippen LogP contribution >= 0.6 is 0 Å². The van der Waals surface area contributed by atoms with E-state index < -0.39 is 11.9 Å². The lowest BCUT2D eigenvalue weighted by Gasteiger charge is -2.24. The summed E-state index contributed by atoms with van der Waals surface area (Å²) in [5.74, 6) is -1.70. The topological polar surface area (TPSA) is 95.9 Å². The van der Waals surface area contributed by atoms with Gasteiger partial charge in [0.15, 0.2) is 11.5 Å². The molecule has 2 aromatic rings. The second-order valence-electron chi connectivity index (χ2n) is 5.17. The number of aromatic carboxylic acids is 2. The summed E-state index contributed by atoms with van der Waals surface area (Å²) < 4.78 is 5.71. The average molecular weight is 299 g/mol. The van der Waals surface area contributed by atoms with Crippen molar-refractivity contribution in [1.29, 1.82) is 0 Å².